The fourth-order valence-corrected chi connectivity index (χ4v) is 2.93. The number of nitrogens with zero attached hydrogens (tertiary/aromatic N) is 4. The van der Waals surface area contributed by atoms with Crippen LogP contribution in [0, 0.1) is 19.8 Å². The summed E-state index contributed by atoms with van der Waals surface area (Å²) in [5.74, 6) is 1.33. The molecule has 1 aromatic carbocycles. The van der Waals surface area contributed by atoms with Gasteiger partial charge in [-0.3, -0.25) is 9.67 Å². The van der Waals surface area contributed by atoms with Crippen LogP contribution in [0.4, 0.5) is 0 Å². The summed E-state index contributed by atoms with van der Waals surface area (Å²) in [4.78, 5) is 6.50. The number of aromatic nitrogens is 2. The van der Waals surface area contributed by atoms with Crippen molar-refractivity contribution in [3.8, 4) is 0 Å². The maximum absolute atomic E-state index is 5.94. The van der Waals surface area contributed by atoms with E-state index in [2.05, 4.69) is 44.9 Å². The Labute approximate surface area is 155 Å². The van der Waals surface area contributed by atoms with Gasteiger partial charge in [0.15, 0.2) is 5.96 Å². The molecule has 6 heteroatoms. The molecule has 1 heterocycles. The number of aliphatic imine (C=N–C) groups is 1. The number of guanidine groups is 1. The highest BCUT2D eigenvalue weighted by Crippen LogP contribution is 2.11. The smallest absolute Gasteiger partial charge is 0.193 e. The van der Waals surface area contributed by atoms with E-state index in [1.807, 2.05) is 45.3 Å². The Morgan fingerprint density at radius 2 is 2.00 bits per heavy atom. The Kier molecular flexibility index (Phi) is 6.88. The van der Waals surface area contributed by atoms with Crippen molar-refractivity contribution in [3.05, 3.63) is 52.3 Å². The zero-order chi connectivity index (χ0) is 18.4. The lowest BCUT2D eigenvalue weighted by molar-refractivity contribution is 0.418. The number of aryl methyl sites for hydroxylation is 2. The van der Waals surface area contributed by atoms with E-state index in [9.17, 15) is 0 Å². The van der Waals surface area contributed by atoms with Gasteiger partial charge in [-0.15, -0.1) is 0 Å². The first kappa shape index (κ1) is 19.3. The van der Waals surface area contributed by atoms with Gasteiger partial charge >= 0.3 is 0 Å². The summed E-state index contributed by atoms with van der Waals surface area (Å²) in [6.07, 6.45) is 0. The molecular weight excluding hydrogens is 334 g/mol. The first-order chi connectivity index (χ1) is 11.9. The van der Waals surface area contributed by atoms with Gasteiger partial charge in [-0.1, -0.05) is 30.7 Å². The van der Waals surface area contributed by atoms with Crippen molar-refractivity contribution in [1.29, 1.82) is 0 Å². The third-order valence-electron chi connectivity index (χ3n) is 4.10. The Balaban J connectivity index is 1.86. The normalized spacial score (nSPS) is 13.0. The van der Waals surface area contributed by atoms with Gasteiger partial charge in [0.1, 0.15) is 0 Å². The minimum absolute atomic E-state index is 0.443. The van der Waals surface area contributed by atoms with Gasteiger partial charge in [0.25, 0.3) is 0 Å². The summed E-state index contributed by atoms with van der Waals surface area (Å²) in [5, 5.41) is 8.75. The number of nitrogens with one attached hydrogen (secondary N) is 1. The molecule has 2 rings (SSSR count). The zero-order valence-electron chi connectivity index (χ0n) is 15.8. The summed E-state index contributed by atoms with van der Waals surface area (Å²) in [6, 6.07) is 10.0. The fourth-order valence-electron chi connectivity index (χ4n) is 2.81. The molecule has 1 aromatic heterocycles. The lowest BCUT2D eigenvalue weighted by atomic mass is 10.2. The van der Waals surface area contributed by atoms with Crippen LogP contribution in [0.3, 0.4) is 0 Å². The fraction of sp³-hybridized carbons (Fsp3) is 0.474. The minimum atomic E-state index is 0.443. The minimum Gasteiger partial charge on any atom is -0.356 e. The molecule has 2 aromatic rings. The van der Waals surface area contributed by atoms with Gasteiger partial charge < -0.3 is 10.2 Å². The van der Waals surface area contributed by atoms with E-state index in [1.54, 1.807) is 0 Å². The average molecular weight is 362 g/mol. The topological polar surface area (TPSA) is 45.5 Å². The highest BCUT2D eigenvalue weighted by molar-refractivity contribution is 6.30. The Hall–Kier alpha value is -2.01. The van der Waals surface area contributed by atoms with Crippen LogP contribution in [0.2, 0.25) is 5.02 Å². The molecule has 1 atom stereocenters. The lowest BCUT2D eigenvalue weighted by Crippen LogP contribution is -2.40. The van der Waals surface area contributed by atoms with E-state index in [0.29, 0.717) is 5.92 Å². The molecule has 5 nitrogen and oxygen atoms in total. The molecule has 25 heavy (non-hydrogen) atoms. The van der Waals surface area contributed by atoms with Crippen LogP contribution in [0.1, 0.15) is 23.9 Å². The van der Waals surface area contributed by atoms with E-state index in [-0.39, 0.29) is 0 Å². The molecule has 1 N–H and O–H groups in total. The molecule has 0 fully saturated rings. The largest absolute Gasteiger partial charge is 0.356 e. The highest BCUT2D eigenvalue weighted by atomic mass is 35.5. The molecule has 0 aliphatic heterocycles. The number of hydrogen-bond donors (Lipinski definition) is 1. The number of rotatable bonds is 6. The third-order valence-corrected chi connectivity index (χ3v) is 4.35. The standard InChI is InChI=1S/C19H28ClN5/c1-14(12-25-16(3)10-15(2)23-25)11-22-19(21-4)24(5)13-17-6-8-18(20)9-7-17/h6-10,14H,11-13H2,1-5H3,(H,21,22). The highest BCUT2D eigenvalue weighted by Gasteiger charge is 2.11. The van der Waals surface area contributed by atoms with Crippen molar-refractivity contribution in [1.82, 2.24) is 20.0 Å². The SMILES string of the molecule is CN=C(NCC(C)Cn1nc(C)cc1C)N(C)Cc1ccc(Cl)cc1. The van der Waals surface area contributed by atoms with Gasteiger partial charge in [0, 0.05) is 44.4 Å². The van der Waals surface area contributed by atoms with Crippen molar-refractivity contribution in [2.24, 2.45) is 10.9 Å². The van der Waals surface area contributed by atoms with Crippen molar-refractivity contribution < 1.29 is 0 Å². The summed E-state index contributed by atoms with van der Waals surface area (Å²) in [6.45, 7) is 8.86. The predicted molar refractivity (Wildman–Crippen MR) is 105 cm³/mol. The van der Waals surface area contributed by atoms with Crippen molar-refractivity contribution in [2.45, 2.75) is 33.9 Å². The molecule has 0 saturated heterocycles. The molecular formula is C19H28ClN5. The quantitative estimate of drug-likeness (QED) is 0.632. The first-order valence-corrected chi connectivity index (χ1v) is 8.94. The van der Waals surface area contributed by atoms with Gasteiger partial charge in [0.05, 0.1) is 5.69 Å². The van der Waals surface area contributed by atoms with Crippen molar-refractivity contribution in [3.63, 3.8) is 0 Å². The van der Waals surface area contributed by atoms with E-state index in [1.165, 1.54) is 11.3 Å². The summed E-state index contributed by atoms with van der Waals surface area (Å²) in [7, 11) is 3.85. The molecule has 136 valence electrons. The Morgan fingerprint density at radius 3 is 2.56 bits per heavy atom. The predicted octanol–water partition coefficient (Wildman–Crippen LogP) is 3.50. The van der Waals surface area contributed by atoms with Crippen LogP contribution >= 0.6 is 11.6 Å². The molecule has 0 saturated carbocycles. The van der Waals surface area contributed by atoms with Gasteiger partial charge in [-0.05, 0) is 43.5 Å². The second kappa shape index (κ2) is 8.90. The molecule has 0 spiro atoms. The van der Waals surface area contributed by atoms with E-state index in [0.717, 1.165) is 36.3 Å². The monoisotopic (exact) mass is 361 g/mol. The van der Waals surface area contributed by atoms with Crippen LogP contribution in [0.25, 0.3) is 0 Å². The van der Waals surface area contributed by atoms with E-state index in [4.69, 9.17) is 11.6 Å². The summed E-state index contributed by atoms with van der Waals surface area (Å²) >= 11 is 5.94. The molecule has 1 unspecified atom stereocenters. The van der Waals surface area contributed by atoms with Crippen LogP contribution in [0.5, 0.6) is 0 Å². The van der Waals surface area contributed by atoms with Crippen molar-refractivity contribution in [2.75, 3.05) is 20.6 Å². The molecule has 0 aliphatic carbocycles. The second-order valence-electron chi connectivity index (χ2n) is 6.63. The Bertz CT molecular complexity index is 705. The molecule has 0 bridgehead atoms. The molecule has 0 aliphatic rings. The van der Waals surface area contributed by atoms with E-state index < -0.39 is 0 Å². The van der Waals surface area contributed by atoms with Gasteiger partial charge in [-0.2, -0.15) is 5.10 Å². The maximum atomic E-state index is 5.94. The number of benzene rings is 1. The third kappa shape index (κ3) is 5.78. The van der Waals surface area contributed by atoms with Crippen LogP contribution in [-0.2, 0) is 13.1 Å². The lowest BCUT2D eigenvalue weighted by Gasteiger charge is -2.24. The molecule has 0 radical (unpaired) electrons. The number of hydrogen-bond acceptors (Lipinski definition) is 2. The summed E-state index contributed by atoms with van der Waals surface area (Å²) in [5.41, 5.74) is 3.47. The number of halogens is 1. The van der Waals surface area contributed by atoms with Gasteiger partial charge in [0.2, 0.25) is 0 Å². The average Bonchev–Trinajstić information content (AvgIpc) is 2.87. The zero-order valence-corrected chi connectivity index (χ0v) is 16.5. The summed E-state index contributed by atoms with van der Waals surface area (Å²) < 4.78 is 2.07. The van der Waals surface area contributed by atoms with Crippen LogP contribution < -0.4 is 5.32 Å². The van der Waals surface area contributed by atoms with E-state index >= 15 is 0 Å². The maximum Gasteiger partial charge on any atom is 0.193 e. The van der Waals surface area contributed by atoms with Crippen LogP contribution in [-0.4, -0.2) is 41.3 Å². The van der Waals surface area contributed by atoms with Crippen molar-refractivity contribution >= 4 is 17.6 Å². The Morgan fingerprint density at radius 1 is 1.32 bits per heavy atom. The molecule has 0 amide bonds. The second-order valence-corrected chi connectivity index (χ2v) is 7.06. The first-order valence-electron chi connectivity index (χ1n) is 8.56. The van der Waals surface area contributed by atoms with Crippen LogP contribution in [0.15, 0.2) is 35.3 Å². The van der Waals surface area contributed by atoms with Gasteiger partial charge in [-0.25, -0.2) is 0 Å².